The van der Waals surface area contributed by atoms with Gasteiger partial charge in [-0.2, -0.15) is 0 Å². The summed E-state index contributed by atoms with van der Waals surface area (Å²) in [5.74, 6) is 0. The number of rotatable bonds is 4. The molecule has 1 fully saturated rings. The molecule has 1 aromatic heterocycles. The van der Waals surface area contributed by atoms with Crippen LogP contribution < -0.4 is 4.90 Å². The Morgan fingerprint density at radius 1 is 1.59 bits per heavy atom. The van der Waals surface area contributed by atoms with Gasteiger partial charge in [-0.25, -0.2) is 4.98 Å². The molecule has 1 aromatic rings. The Balaban J connectivity index is 2.14. The quantitative estimate of drug-likeness (QED) is 0.910. The molecule has 1 aliphatic rings. The summed E-state index contributed by atoms with van der Waals surface area (Å²) in [7, 11) is 4.18. The SMILES string of the molecule is CN(C)CC1CCCN1c1nc(Cl)c(CO)s1. The third kappa shape index (κ3) is 2.91. The number of aromatic nitrogens is 1. The lowest BCUT2D eigenvalue weighted by molar-refractivity contribution is 0.285. The van der Waals surface area contributed by atoms with Crippen LogP contribution in [-0.2, 0) is 6.61 Å². The fraction of sp³-hybridized carbons (Fsp3) is 0.727. The van der Waals surface area contributed by atoms with Gasteiger partial charge >= 0.3 is 0 Å². The van der Waals surface area contributed by atoms with Crippen LogP contribution in [0.1, 0.15) is 17.7 Å². The second kappa shape index (κ2) is 5.52. The molecule has 1 N–H and O–H groups in total. The molecule has 6 heteroatoms. The van der Waals surface area contributed by atoms with Crippen molar-refractivity contribution in [3.05, 3.63) is 10.0 Å². The molecule has 1 unspecified atom stereocenters. The van der Waals surface area contributed by atoms with Crippen LogP contribution in [0, 0.1) is 0 Å². The summed E-state index contributed by atoms with van der Waals surface area (Å²) in [6.45, 7) is 2.04. The van der Waals surface area contributed by atoms with E-state index in [1.807, 2.05) is 0 Å². The van der Waals surface area contributed by atoms with Crippen molar-refractivity contribution in [2.75, 3.05) is 32.1 Å². The van der Waals surface area contributed by atoms with E-state index >= 15 is 0 Å². The molecule has 2 rings (SSSR count). The van der Waals surface area contributed by atoms with Gasteiger partial charge in [0.1, 0.15) is 5.15 Å². The molecule has 0 radical (unpaired) electrons. The Morgan fingerprint density at radius 3 is 2.94 bits per heavy atom. The molecule has 1 atom stereocenters. The molecule has 0 amide bonds. The Labute approximate surface area is 111 Å². The Kier molecular flexibility index (Phi) is 4.25. The monoisotopic (exact) mass is 275 g/mol. The number of halogens is 1. The summed E-state index contributed by atoms with van der Waals surface area (Å²) in [4.78, 5) is 9.63. The smallest absolute Gasteiger partial charge is 0.187 e. The molecule has 1 saturated heterocycles. The fourth-order valence-electron chi connectivity index (χ4n) is 2.24. The molecule has 96 valence electrons. The van der Waals surface area contributed by atoms with Crippen molar-refractivity contribution in [2.45, 2.75) is 25.5 Å². The van der Waals surface area contributed by atoms with Gasteiger partial charge in [-0.3, -0.25) is 0 Å². The van der Waals surface area contributed by atoms with Gasteiger partial charge in [0.2, 0.25) is 0 Å². The highest BCUT2D eigenvalue weighted by atomic mass is 35.5. The average molecular weight is 276 g/mol. The number of thiazole rings is 1. The molecular weight excluding hydrogens is 258 g/mol. The Morgan fingerprint density at radius 2 is 2.35 bits per heavy atom. The van der Waals surface area contributed by atoms with Crippen LogP contribution in [-0.4, -0.2) is 48.2 Å². The summed E-state index contributed by atoms with van der Waals surface area (Å²) >= 11 is 7.48. The second-order valence-electron chi connectivity index (χ2n) is 4.62. The number of nitrogens with zero attached hydrogens (tertiary/aromatic N) is 3. The van der Waals surface area contributed by atoms with Gasteiger partial charge in [-0.05, 0) is 26.9 Å². The Bertz CT molecular complexity index is 383. The van der Waals surface area contributed by atoms with E-state index in [1.54, 1.807) is 0 Å². The largest absolute Gasteiger partial charge is 0.391 e. The predicted octanol–water partition coefficient (Wildman–Crippen LogP) is 1.82. The zero-order valence-electron chi connectivity index (χ0n) is 10.2. The predicted molar refractivity (Wildman–Crippen MR) is 72.0 cm³/mol. The van der Waals surface area contributed by atoms with Crippen LogP contribution >= 0.6 is 22.9 Å². The molecule has 0 aliphatic carbocycles. The van der Waals surface area contributed by atoms with Gasteiger partial charge in [0.05, 0.1) is 11.5 Å². The molecule has 0 bridgehead atoms. The minimum absolute atomic E-state index is 0.0251. The number of likely N-dealkylation sites (N-methyl/N-ethyl adjacent to an activating group) is 1. The third-order valence-electron chi connectivity index (χ3n) is 2.98. The van der Waals surface area contributed by atoms with Crippen molar-refractivity contribution in [1.82, 2.24) is 9.88 Å². The molecular formula is C11H18ClN3OS. The highest BCUT2D eigenvalue weighted by Crippen LogP contribution is 2.33. The molecule has 1 aliphatic heterocycles. The van der Waals surface area contributed by atoms with Crippen LogP contribution in [0.3, 0.4) is 0 Å². The van der Waals surface area contributed by atoms with Crippen LogP contribution in [0.2, 0.25) is 5.15 Å². The first-order valence-corrected chi connectivity index (χ1v) is 6.98. The lowest BCUT2D eigenvalue weighted by atomic mass is 10.2. The van der Waals surface area contributed by atoms with E-state index < -0.39 is 0 Å². The van der Waals surface area contributed by atoms with Crippen molar-refractivity contribution in [1.29, 1.82) is 0 Å². The highest BCUT2D eigenvalue weighted by Gasteiger charge is 2.28. The van der Waals surface area contributed by atoms with Crippen molar-refractivity contribution >= 4 is 28.1 Å². The summed E-state index contributed by atoms with van der Waals surface area (Å²) in [6.07, 6.45) is 2.40. The number of hydrogen-bond donors (Lipinski definition) is 1. The summed E-state index contributed by atoms with van der Waals surface area (Å²) in [6, 6.07) is 0.513. The lowest BCUT2D eigenvalue weighted by Gasteiger charge is -2.26. The standard InChI is InChI=1S/C11H18ClN3OS/c1-14(2)6-8-4-3-5-15(8)11-13-10(12)9(7-16)17-11/h8,16H,3-7H2,1-2H3. The molecule has 4 nitrogen and oxygen atoms in total. The number of aliphatic hydroxyl groups is 1. The Hall–Kier alpha value is -0.360. The normalized spacial score (nSPS) is 20.5. The first kappa shape index (κ1) is 13.1. The first-order chi connectivity index (χ1) is 8.11. The van der Waals surface area contributed by atoms with Gasteiger partial charge in [0.15, 0.2) is 5.13 Å². The summed E-state index contributed by atoms with van der Waals surface area (Å²) < 4.78 is 0. The first-order valence-electron chi connectivity index (χ1n) is 5.79. The van der Waals surface area contributed by atoms with Crippen molar-refractivity contribution in [2.24, 2.45) is 0 Å². The number of anilines is 1. The minimum Gasteiger partial charge on any atom is -0.391 e. The second-order valence-corrected chi connectivity index (χ2v) is 6.04. The van der Waals surface area contributed by atoms with Crippen LogP contribution in [0.5, 0.6) is 0 Å². The van der Waals surface area contributed by atoms with Gasteiger partial charge in [-0.15, -0.1) is 0 Å². The summed E-state index contributed by atoms with van der Waals surface area (Å²) in [5.41, 5.74) is 0. The third-order valence-corrected chi connectivity index (χ3v) is 4.48. The van der Waals surface area contributed by atoms with Gasteiger partial charge in [0, 0.05) is 19.1 Å². The van der Waals surface area contributed by atoms with Crippen molar-refractivity contribution in [3.8, 4) is 0 Å². The number of hydrogen-bond acceptors (Lipinski definition) is 5. The lowest BCUT2D eigenvalue weighted by Crippen LogP contribution is -2.37. The highest BCUT2D eigenvalue weighted by molar-refractivity contribution is 7.16. The van der Waals surface area contributed by atoms with E-state index in [0.717, 1.165) is 23.1 Å². The van der Waals surface area contributed by atoms with Crippen LogP contribution in [0.25, 0.3) is 0 Å². The van der Waals surface area contributed by atoms with Gasteiger partial charge in [-0.1, -0.05) is 22.9 Å². The average Bonchev–Trinajstić information content (AvgIpc) is 2.83. The maximum atomic E-state index is 9.15. The zero-order valence-corrected chi connectivity index (χ0v) is 11.8. The maximum Gasteiger partial charge on any atom is 0.187 e. The van der Waals surface area contributed by atoms with Crippen molar-refractivity contribution < 1.29 is 5.11 Å². The van der Waals surface area contributed by atoms with E-state index in [2.05, 4.69) is 28.9 Å². The number of aliphatic hydroxyl groups excluding tert-OH is 1. The molecule has 17 heavy (non-hydrogen) atoms. The molecule has 0 saturated carbocycles. The van der Waals surface area contributed by atoms with Crippen LogP contribution in [0.4, 0.5) is 5.13 Å². The fourth-order valence-corrected chi connectivity index (χ4v) is 3.46. The van der Waals surface area contributed by atoms with E-state index in [1.165, 1.54) is 24.2 Å². The molecule has 2 heterocycles. The van der Waals surface area contributed by atoms with E-state index in [0.29, 0.717) is 11.2 Å². The van der Waals surface area contributed by atoms with Crippen molar-refractivity contribution in [3.63, 3.8) is 0 Å². The summed E-state index contributed by atoms with van der Waals surface area (Å²) in [5, 5.41) is 10.5. The maximum absolute atomic E-state index is 9.15. The van der Waals surface area contributed by atoms with Gasteiger partial charge in [0.25, 0.3) is 0 Å². The van der Waals surface area contributed by atoms with E-state index in [-0.39, 0.29) is 6.61 Å². The molecule has 0 aromatic carbocycles. The van der Waals surface area contributed by atoms with E-state index in [9.17, 15) is 0 Å². The minimum atomic E-state index is -0.0251. The molecule has 0 spiro atoms. The van der Waals surface area contributed by atoms with Crippen LogP contribution in [0.15, 0.2) is 0 Å². The topological polar surface area (TPSA) is 39.6 Å². The zero-order chi connectivity index (χ0) is 12.4. The van der Waals surface area contributed by atoms with Gasteiger partial charge < -0.3 is 14.9 Å². The van der Waals surface area contributed by atoms with E-state index in [4.69, 9.17) is 16.7 Å².